The van der Waals surface area contributed by atoms with Crippen LogP contribution in [0.25, 0.3) is 0 Å². The number of fused-ring (bicyclic) bond motifs is 1. The van der Waals surface area contributed by atoms with Crippen LogP contribution in [0.15, 0.2) is 48.5 Å². The Morgan fingerprint density at radius 3 is 2.19 bits per heavy atom. The van der Waals surface area contributed by atoms with Crippen molar-refractivity contribution in [1.82, 2.24) is 0 Å². The van der Waals surface area contributed by atoms with E-state index in [4.69, 9.17) is 14.2 Å². The van der Waals surface area contributed by atoms with E-state index in [0.717, 1.165) is 12.0 Å². The van der Waals surface area contributed by atoms with Crippen LogP contribution >= 0.6 is 0 Å². The SMILES string of the molecule is COCN1C(=O)[C@H](C(=O)OC)[C@@H](c2ccccc2OC)C(C(F)(F)F)c2ccccc21. The van der Waals surface area contributed by atoms with Gasteiger partial charge in [-0.1, -0.05) is 36.4 Å². The van der Waals surface area contributed by atoms with Crippen LogP contribution in [-0.4, -0.2) is 46.1 Å². The summed E-state index contributed by atoms with van der Waals surface area (Å²) in [6.07, 6.45) is -4.78. The first-order valence-corrected chi connectivity index (χ1v) is 9.43. The summed E-state index contributed by atoms with van der Waals surface area (Å²) in [5.41, 5.74) is -0.0177. The number of methoxy groups -OCH3 is 3. The summed E-state index contributed by atoms with van der Waals surface area (Å²) in [6.45, 7) is -0.327. The number of anilines is 1. The highest BCUT2D eigenvalue weighted by Crippen LogP contribution is 2.54. The van der Waals surface area contributed by atoms with Crippen molar-refractivity contribution in [2.45, 2.75) is 18.0 Å². The summed E-state index contributed by atoms with van der Waals surface area (Å²) in [4.78, 5) is 27.3. The molecule has 6 nitrogen and oxygen atoms in total. The van der Waals surface area contributed by atoms with E-state index in [2.05, 4.69) is 0 Å². The highest BCUT2D eigenvalue weighted by molar-refractivity contribution is 6.08. The van der Waals surface area contributed by atoms with E-state index in [1.54, 1.807) is 6.07 Å². The molecule has 0 aliphatic carbocycles. The maximum atomic E-state index is 14.6. The van der Waals surface area contributed by atoms with Gasteiger partial charge in [-0.05, 0) is 23.3 Å². The van der Waals surface area contributed by atoms with E-state index in [-0.39, 0.29) is 29.3 Å². The number of hydrogen-bond donors (Lipinski definition) is 0. The number of hydrogen-bond acceptors (Lipinski definition) is 5. The molecule has 1 aliphatic rings. The zero-order chi connectivity index (χ0) is 22.8. The standard InChI is InChI=1S/C22H22F3NO5/c1-29-12-26-15-10-6-4-8-13(15)19(22(23,24)25)17(18(20(26)27)21(28)31-3)14-9-5-7-11-16(14)30-2/h4-11,17-19H,12H2,1-3H3/t17-,18-,19?/m1/s1. The quantitative estimate of drug-likeness (QED) is 0.525. The number of benzene rings is 2. The van der Waals surface area contributed by atoms with Crippen molar-refractivity contribution >= 4 is 17.6 Å². The number of esters is 1. The molecule has 0 aromatic heterocycles. The Hall–Kier alpha value is -3.07. The Kier molecular flexibility index (Phi) is 6.54. The van der Waals surface area contributed by atoms with Crippen LogP contribution in [0.4, 0.5) is 18.9 Å². The van der Waals surface area contributed by atoms with Gasteiger partial charge < -0.3 is 14.2 Å². The third kappa shape index (κ3) is 4.10. The van der Waals surface area contributed by atoms with Gasteiger partial charge in [-0.25, -0.2) is 0 Å². The van der Waals surface area contributed by atoms with Gasteiger partial charge in [-0.3, -0.25) is 14.5 Å². The molecule has 3 atom stereocenters. The van der Waals surface area contributed by atoms with Crippen molar-refractivity contribution in [3.63, 3.8) is 0 Å². The van der Waals surface area contributed by atoms with Crippen molar-refractivity contribution in [2.75, 3.05) is 33.0 Å². The third-order valence-corrected chi connectivity index (χ3v) is 5.38. The van der Waals surface area contributed by atoms with Crippen molar-refractivity contribution in [1.29, 1.82) is 0 Å². The van der Waals surface area contributed by atoms with Crippen LogP contribution in [0.5, 0.6) is 5.75 Å². The maximum Gasteiger partial charge on any atom is 0.396 e. The first kappa shape index (κ1) is 22.6. The van der Waals surface area contributed by atoms with Gasteiger partial charge in [0.1, 0.15) is 18.4 Å². The van der Waals surface area contributed by atoms with E-state index in [9.17, 15) is 22.8 Å². The second-order valence-corrected chi connectivity index (χ2v) is 7.03. The van der Waals surface area contributed by atoms with E-state index in [1.807, 2.05) is 0 Å². The van der Waals surface area contributed by atoms with Crippen molar-refractivity contribution < 1.29 is 37.0 Å². The summed E-state index contributed by atoms with van der Waals surface area (Å²) >= 11 is 0. The van der Waals surface area contributed by atoms with Crippen molar-refractivity contribution in [2.24, 2.45) is 5.92 Å². The highest BCUT2D eigenvalue weighted by Gasteiger charge is 2.57. The van der Waals surface area contributed by atoms with Crippen LogP contribution < -0.4 is 9.64 Å². The Morgan fingerprint density at radius 1 is 1.00 bits per heavy atom. The van der Waals surface area contributed by atoms with Gasteiger partial charge in [0, 0.05) is 18.7 Å². The molecule has 0 saturated carbocycles. The number of alkyl halides is 3. The van der Waals surface area contributed by atoms with Gasteiger partial charge in [-0.2, -0.15) is 13.2 Å². The van der Waals surface area contributed by atoms with Crippen molar-refractivity contribution in [3.8, 4) is 5.75 Å². The van der Waals surface area contributed by atoms with Gasteiger partial charge in [-0.15, -0.1) is 0 Å². The smallest absolute Gasteiger partial charge is 0.396 e. The monoisotopic (exact) mass is 437 g/mol. The average molecular weight is 437 g/mol. The fourth-order valence-corrected chi connectivity index (χ4v) is 4.14. The second kappa shape index (κ2) is 8.97. The Labute approximate surface area is 177 Å². The molecule has 2 aromatic carbocycles. The van der Waals surface area contributed by atoms with Crippen LogP contribution in [0.3, 0.4) is 0 Å². The summed E-state index contributed by atoms with van der Waals surface area (Å²) in [5, 5.41) is 0. The number of carbonyl (C=O) groups excluding carboxylic acids is 2. The molecule has 1 unspecified atom stereocenters. The minimum absolute atomic E-state index is 0.0305. The lowest BCUT2D eigenvalue weighted by Crippen LogP contribution is -2.44. The number of para-hydroxylation sites is 2. The fraction of sp³-hybridized carbons (Fsp3) is 0.364. The fourth-order valence-electron chi connectivity index (χ4n) is 4.14. The van der Waals surface area contributed by atoms with Crippen LogP contribution in [-0.2, 0) is 19.1 Å². The normalized spacial score (nSPS) is 21.3. The zero-order valence-corrected chi connectivity index (χ0v) is 17.2. The molecule has 9 heteroatoms. The molecule has 3 rings (SSSR count). The van der Waals surface area contributed by atoms with Gasteiger partial charge in [0.25, 0.3) is 0 Å². The zero-order valence-electron chi connectivity index (χ0n) is 17.2. The summed E-state index contributed by atoms with van der Waals surface area (Å²) < 4.78 is 59.0. The molecule has 0 spiro atoms. The van der Waals surface area contributed by atoms with Gasteiger partial charge >= 0.3 is 12.1 Å². The molecule has 166 valence electrons. The Morgan fingerprint density at radius 2 is 1.61 bits per heavy atom. The predicted molar refractivity (Wildman–Crippen MR) is 106 cm³/mol. The van der Waals surface area contributed by atoms with E-state index >= 15 is 0 Å². The molecule has 0 radical (unpaired) electrons. The van der Waals surface area contributed by atoms with Gasteiger partial charge in [0.05, 0.1) is 20.1 Å². The number of amides is 1. The molecule has 0 fully saturated rings. The Balaban J connectivity index is 2.40. The van der Waals surface area contributed by atoms with E-state index < -0.39 is 35.8 Å². The largest absolute Gasteiger partial charge is 0.496 e. The van der Waals surface area contributed by atoms with Crippen molar-refractivity contribution in [3.05, 3.63) is 59.7 Å². The summed E-state index contributed by atoms with van der Waals surface area (Å²) in [5.74, 6) is -7.32. The molecule has 2 aromatic rings. The number of carbonyl (C=O) groups is 2. The minimum Gasteiger partial charge on any atom is -0.496 e. The number of halogens is 3. The number of rotatable bonds is 5. The molecule has 1 aliphatic heterocycles. The lowest BCUT2D eigenvalue weighted by Gasteiger charge is -2.32. The van der Waals surface area contributed by atoms with Crippen LogP contribution in [0.2, 0.25) is 0 Å². The molecule has 0 N–H and O–H groups in total. The topological polar surface area (TPSA) is 65.1 Å². The molecule has 0 saturated heterocycles. The lowest BCUT2D eigenvalue weighted by molar-refractivity contribution is -0.166. The molecule has 31 heavy (non-hydrogen) atoms. The molecular weight excluding hydrogens is 415 g/mol. The summed E-state index contributed by atoms with van der Waals surface area (Å²) in [6, 6.07) is 11.8. The predicted octanol–water partition coefficient (Wildman–Crippen LogP) is 3.86. The third-order valence-electron chi connectivity index (χ3n) is 5.38. The number of ether oxygens (including phenoxy) is 3. The van der Waals surface area contributed by atoms with Gasteiger partial charge in [0.2, 0.25) is 5.91 Å². The minimum atomic E-state index is -4.78. The average Bonchev–Trinajstić information content (AvgIpc) is 2.86. The summed E-state index contributed by atoms with van der Waals surface area (Å²) in [7, 11) is 3.67. The van der Waals surface area contributed by atoms with Gasteiger partial charge in [0.15, 0.2) is 0 Å². The van der Waals surface area contributed by atoms with E-state index in [0.29, 0.717) is 0 Å². The second-order valence-electron chi connectivity index (χ2n) is 7.03. The van der Waals surface area contributed by atoms with Crippen LogP contribution in [0.1, 0.15) is 23.0 Å². The lowest BCUT2D eigenvalue weighted by atomic mass is 9.73. The molecule has 0 bridgehead atoms. The van der Waals surface area contributed by atoms with E-state index in [1.165, 1.54) is 56.7 Å². The Bertz CT molecular complexity index is 962. The first-order chi connectivity index (χ1) is 14.8. The first-order valence-electron chi connectivity index (χ1n) is 9.43. The molecular formula is C22H22F3NO5. The van der Waals surface area contributed by atoms with Crippen LogP contribution in [0, 0.1) is 5.92 Å². The molecule has 1 amide bonds. The number of nitrogens with zero attached hydrogens (tertiary/aromatic N) is 1. The highest BCUT2D eigenvalue weighted by atomic mass is 19.4. The molecule has 1 heterocycles. The maximum absolute atomic E-state index is 14.6.